The molecule has 35 heavy (non-hydrogen) atoms. The Morgan fingerprint density at radius 2 is 1.63 bits per heavy atom. The lowest BCUT2D eigenvalue weighted by Gasteiger charge is -2.28. The monoisotopic (exact) mass is 492 g/mol. The Bertz CT molecular complexity index is 1240. The Hall–Kier alpha value is -3.42. The van der Waals surface area contributed by atoms with Gasteiger partial charge >= 0.3 is 5.97 Å². The van der Waals surface area contributed by atoms with Crippen molar-refractivity contribution in [1.29, 1.82) is 10.5 Å². The van der Waals surface area contributed by atoms with Crippen molar-refractivity contribution in [3.8, 4) is 17.9 Å². The molecule has 1 aromatic carbocycles. The number of nitrogens with zero attached hydrogens (tertiary/aromatic N) is 2. The van der Waals surface area contributed by atoms with Crippen molar-refractivity contribution < 1.29 is 19.4 Å². The Morgan fingerprint density at radius 1 is 1.09 bits per heavy atom. The highest BCUT2D eigenvalue weighted by atomic mass is 32.1. The zero-order valence-electron chi connectivity index (χ0n) is 21.6. The van der Waals surface area contributed by atoms with E-state index in [0.717, 1.165) is 22.5 Å². The number of carbonyl (C=O) groups excluding carboxylic acids is 2. The first-order chi connectivity index (χ1) is 16.1. The Kier molecular flexibility index (Phi) is 8.31. The molecule has 0 aliphatic carbocycles. The van der Waals surface area contributed by atoms with Crippen LogP contribution in [0, 0.1) is 29.6 Å². The third-order valence-electron chi connectivity index (χ3n) is 5.59. The van der Waals surface area contributed by atoms with Crippen LogP contribution in [0.25, 0.3) is 6.08 Å². The second-order valence-corrected chi connectivity index (χ2v) is 11.5. The maximum atomic E-state index is 13.1. The maximum absolute atomic E-state index is 13.1. The number of esters is 1. The molecule has 0 saturated carbocycles. The van der Waals surface area contributed by atoms with E-state index in [-0.39, 0.29) is 45.6 Å². The number of thiophene rings is 1. The molecule has 0 fully saturated rings. The molecule has 0 amide bonds. The fraction of sp³-hybridized carbons (Fsp3) is 0.429. The van der Waals surface area contributed by atoms with Crippen molar-refractivity contribution >= 4 is 29.2 Å². The minimum absolute atomic E-state index is 0.0666. The van der Waals surface area contributed by atoms with Crippen molar-refractivity contribution in [3.63, 3.8) is 0 Å². The minimum Gasteiger partial charge on any atom is -0.507 e. The van der Waals surface area contributed by atoms with Gasteiger partial charge in [-0.05, 0) is 54.0 Å². The Balaban J connectivity index is 2.55. The van der Waals surface area contributed by atoms with Gasteiger partial charge in [0.15, 0.2) is 5.78 Å². The average molecular weight is 493 g/mol. The average Bonchev–Trinajstić information content (AvgIpc) is 3.06. The first-order valence-corrected chi connectivity index (χ1v) is 12.2. The second kappa shape index (κ2) is 10.5. The van der Waals surface area contributed by atoms with Crippen molar-refractivity contribution in [1.82, 2.24) is 0 Å². The molecule has 7 heteroatoms. The van der Waals surface area contributed by atoms with Crippen LogP contribution in [0.1, 0.15) is 90.8 Å². The lowest BCUT2D eigenvalue weighted by atomic mass is 9.78. The zero-order valence-corrected chi connectivity index (χ0v) is 22.4. The minimum atomic E-state index is -0.533. The van der Waals surface area contributed by atoms with E-state index >= 15 is 0 Å². The van der Waals surface area contributed by atoms with E-state index in [9.17, 15) is 25.2 Å². The topological polar surface area (TPSA) is 111 Å². The van der Waals surface area contributed by atoms with E-state index in [2.05, 4.69) is 6.07 Å². The van der Waals surface area contributed by atoms with Crippen LogP contribution in [0.3, 0.4) is 0 Å². The van der Waals surface area contributed by atoms with E-state index in [1.807, 2.05) is 47.6 Å². The van der Waals surface area contributed by atoms with Crippen LogP contribution in [0.2, 0.25) is 0 Å². The van der Waals surface area contributed by atoms with E-state index in [1.54, 1.807) is 26.0 Å². The van der Waals surface area contributed by atoms with E-state index in [1.165, 1.54) is 6.08 Å². The van der Waals surface area contributed by atoms with Gasteiger partial charge in [-0.1, -0.05) is 41.5 Å². The van der Waals surface area contributed by atoms with Gasteiger partial charge in [0, 0.05) is 22.4 Å². The molecule has 6 nitrogen and oxygen atoms in total. The fourth-order valence-electron chi connectivity index (χ4n) is 3.70. The smallest absolute Gasteiger partial charge is 0.348 e. The van der Waals surface area contributed by atoms with Crippen LogP contribution in [0.5, 0.6) is 5.75 Å². The van der Waals surface area contributed by atoms with Gasteiger partial charge in [-0.15, -0.1) is 11.3 Å². The number of aromatic hydroxyl groups is 1. The second-order valence-electron chi connectivity index (χ2n) is 10.4. The van der Waals surface area contributed by atoms with Gasteiger partial charge in [0.05, 0.1) is 17.7 Å². The molecule has 1 heterocycles. The first kappa shape index (κ1) is 27.8. The number of ketones is 1. The van der Waals surface area contributed by atoms with Gasteiger partial charge in [0.1, 0.15) is 22.8 Å². The summed E-state index contributed by atoms with van der Waals surface area (Å²) in [5.41, 5.74) is 2.04. The lowest BCUT2D eigenvalue weighted by molar-refractivity contribution is -0.114. The molecule has 0 aliphatic heterocycles. The Morgan fingerprint density at radius 3 is 2.06 bits per heavy atom. The number of ether oxygens (including phenoxy) is 1. The molecule has 0 bridgehead atoms. The third-order valence-corrected chi connectivity index (χ3v) is 6.87. The van der Waals surface area contributed by atoms with Gasteiger partial charge in [0.25, 0.3) is 0 Å². The SMILES string of the molecule is CCOC(=O)c1sc(CC(=O)/C(C#N)=C/c2cc(C(C)(C)C)c(O)c(C(C)(C)C)c2)c(C#N)c1C. The van der Waals surface area contributed by atoms with Crippen molar-refractivity contribution in [3.05, 3.63) is 55.3 Å². The van der Waals surface area contributed by atoms with Crippen LogP contribution >= 0.6 is 11.3 Å². The molecule has 1 N–H and O–H groups in total. The summed E-state index contributed by atoms with van der Waals surface area (Å²) in [5, 5.41) is 30.3. The number of carbonyl (C=O) groups is 2. The lowest BCUT2D eigenvalue weighted by Crippen LogP contribution is -2.17. The molecule has 184 valence electrons. The fourth-order valence-corrected chi connectivity index (χ4v) is 4.85. The number of benzene rings is 1. The van der Waals surface area contributed by atoms with Crippen molar-refractivity contribution in [2.45, 2.75) is 72.6 Å². The molecule has 1 aromatic heterocycles. The van der Waals surface area contributed by atoms with Gasteiger partial charge in [0.2, 0.25) is 0 Å². The number of rotatable bonds is 6. The largest absolute Gasteiger partial charge is 0.507 e. The van der Waals surface area contributed by atoms with Crippen molar-refractivity contribution in [2.24, 2.45) is 0 Å². The van der Waals surface area contributed by atoms with Gasteiger partial charge < -0.3 is 9.84 Å². The first-order valence-electron chi connectivity index (χ1n) is 11.4. The van der Waals surface area contributed by atoms with Crippen molar-refractivity contribution in [2.75, 3.05) is 6.61 Å². The third kappa shape index (κ3) is 6.18. The molecule has 0 spiro atoms. The summed E-state index contributed by atoms with van der Waals surface area (Å²) in [6.07, 6.45) is 1.34. The molecular formula is C28H32N2O4S. The number of hydrogen-bond acceptors (Lipinski definition) is 7. The molecule has 0 unspecified atom stereocenters. The number of Topliss-reactive ketones (excluding diaryl/α,β-unsaturated/α-hetero) is 1. The van der Waals surface area contributed by atoms with E-state index in [4.69, 9.17) is 4.74 Å². The highest BCUT2D eigenvalue weighted by Crippen LogP contribution is 2.40. The summed E-state index contributed by atoms with van der Waals surface area (Å²) in [5.74, 6) is -0.774. The predicted molar refractivity (Wildman–Crippen MR) is 138 cm³/mol. The number of nitriles is 2. The van der Waals surface area contributed by atoms with E-state index < -0.39 is 11.8 Å². The van der Waals surface area contributed by atoms with Gasteiger partial charge in [-0.2, -0.15) is 10.5 Å². The predicted octanol–water partition coefficient (Wildman–Crippen LogP) is 6.12. The summed E-state index contributed by atoms with van der Waals surface area (Å²) in [7, 11) is 0. The molecule has 0 saturated heterocycles. The molecule has 0 atom stereocenters. The van der Waals surface area contributed by atoms with Gasteiger partial charge in [-0.3, -0.25) is 4.79 Å². The van der Waals surface area contributed by atoms with E-state index in [0.29, 0.717) is 16.0 Å². The van der Waals surface area contributed by atoms with Crippen LogP contribution in [-0.2, 0) is 26.8 Å². The molecule has 2 aromatic rings. The molecule has 2 rings (SSSR count). The Labute approximate surface area is 211 Å². The number of hydrogen-bond donors (Lipinski definition) is 1. The van der Waals surface area contributed by atoms with Crippen LogP contribution < -0.4 is 0 Å². The number of phenols is 1. The molecular weight excluding hydrogens is 460 g/mol. The quantitative estimate of drug-likeness (QED) is 0.295. The highest BCUT2D eigenvalue weighted by molar-refractivity contribution is 7.14. The highest BCUT2D eigenvalue weighted by Gasteiger charge is 2.27. The maximum Gasteiger partial charge on any atom is 0.348 e. The summed E-state index contributed by atoms with van der Waals surface area (Å²) in [6.45, 7) is 15.5. The van der Waals surface area contributed by atoms with Crippen LogP contribution in [0.4, 0.5) is 0 Å². The summed E-state index contributed by atoms with van der Waals surface area (Å²) in [6, 6.07) is 7.64. The van der Waals surface area contributed by atoms with Gasteiger partial charge in [-0.25, -0.2) is 4.79 Å². The molecule has 0 aliphatic rings. The number of allylic oxidation sites excluding steroid dienone is 1. The van der Waals surface area contributed by atoms with Crippen LogP contribution in [-0.4, -0.2) is 23.5 Å². The normalized spacial score (nSPS) is 12.1. The summed E-state index contributed by atoms with van der Waals surface area (Å²) in [4.78, 5) is 26.0. The standard InChI is InChI=1S/C28H32N2O4S/c1-9-34-26(33)25-16(2)19(15-30)23(35-25)13-22(31)18(14-29)10-17-11-20(27(3,4)5)24(32)21(12-17)28(6,7)8/h10-12,32H,9,13H2,1-8H3/b18-10+. The molecule has 0 radical (unpaired) electrons. The zero-order chi connectivity index (χ0) is 26.7. The summed E-state index contributed by atoms with van der Waals surface area (Å²) >= 11 is 1.05. The van der Waals surface area contributed by atoms with Crippen LogP contribution in [0.15, 0.2) is 17.7 Å². The number of phenolic OH excluding ortho intramolecular Hbond substituents is 1. The summed E-state index contributed by atoms with van der Waals surface area (Å²) < 4.78 is 5.05.